The summed E-state index contributed by atoms with van der Waals surface area (Å²) in [5.41, 5.74) is 11.4. The molecule has 1 fully saturated rings. The molecule has 1 saturated heterocycles. The van der Waals surface area contributed by atoms with E-state index in [0.29, 0.717) is 17.8 Å². The van der Waals surface area contributed by atoms with Gasteiger partial charge in [-0.15, -0.1) is 0 Å². The fraction of sp³-hybridized carbons (Fsp3) is 0.500. The molecule has 4 N–H and O–H groups in total. The lowest BCUT2D eigenvalue weighted by molar-refractivity contribution is 0.0956. The van der Waals surface area contributed by atoms with Crippen LogP contribution in [0.15, 0.2) is 18.2 Å². The molecule has 5 heteroatoms. The summed E-state index contributed by atoms with van der Waals surface area (Å²) in [5, 5.41) is 4.95. The first-order chi connectivity index (χ1) is 9.20. The number of piperidine rings is 1. The summed E-state index contributed by atoms with van der Waals surface area (Å²) in [6, 6.07) is 5.34. The average Bonchev–Trinajstić information content (AvgIpc) is 2.42. The molecule has 1 aromatic carbocycles. The van der Waals surface area contributed by atoms with Gasteiger partial charge >= 0.3 is 0 Å². The zero-order valence-electron chi connectivity index (χ0n) is 11.4. The zero-order chi connectivity index (χ0) is 13.7. The molecule has 0 atom stereocenters. The van der Waals surface area contributed by atoms with Gasteiger partial charge in [-0.3, -0.25) is 4.79 Å². The van der Waals surface area contributed by atoms with Gasteiger partial charge in [0.05, 0.1) is 11.4 Å². The van der Waals surface area contributed by atoms with Crippen molar-refractivity contribution in [2.75, 3.05) is 30.8 Å². The molecule has 104 valence electrons. The van der Waals surface area contributed by atoms with Gasteiger partial charge in [0.1, 0.15) is 0 Å². The predicted molar refractivity (Wildman–Crippen MR) is 77.9 cm³/mol. The minimum Gasteiger partial charge on any atom is -0.397 e. The third-order valence-electron chi connectivity index (χ3n) is 3.29. The average molecular weight is 262 g/mol. The number of benzene rings is 1. The first-order valence-corrected chi connectivity index (χ1v) is 6.90. The van der Waals surface area contributed by atoms with Gasteiger partial charge in [0.25, 0.3) is 5.91 Å². The van der Waals surface area contributed by atoms with Crippen molar-refractivity contribution in [1.29, 1.82) is 0 Å². The van der Waals surface area contributed by atoms with Crippen molar-refractivity contribution in [3.63, 3.8) is 0 Å². The lowest BCUT2D eigenvalue weighted by Gasteiger charge is -2.28. The maximum Gasteiger partial charge on any atom is 0.251 e. The van der Waals surface area contributed by atoms with Crippen molar-refractivity contribution < 1.29 is 4.79 Å². The molecule has 0 radical (unpaired) electrons. The smallest absolute Gasteiger partial charge is 0.251 e. The van der Waals surface area contributed by atoms with Crippen LogP contribution < -0.4 is 16.5 Å². The maximum absolute atomic E-state index is 11.8. The van der Waals surface area contributed by atoms with Crippen LogP contribution in [0.1, 0.15) is 36.5 Å². The van der Waals surface area contributed by atoms with E-state index in [2.05, 4.69) is 15.8 Å². The second kappa shape index (κ2) is 6.43. The van der Waals surface area contributed by atoms with E-state index in [0.717, 1.165) is 18.8 Å². The largest absolute Gasteiger partial charge is 0.397 e. The third-order valence-corrected chi connectivity index (χ3v) is 3.29. The molecular weight excluding hydrogens is 240 g/mol. The van der Waals surface area contributed by atoms with E-state index in [4.69, 9.17) is 5.73 Å². The van der Waals surface area contributed by atoms with Gasteiger partial charge in [-0.2, -0.15) is 0 Å². The minimum atomic E-state index is -0.0656. The Labute approximate surface area is 114 Å². The molecule has 1 aliphatic rings. The Hall–Kier alpha value is -1.75. The minimum absolute atomic E-state index is 0.0656. The molecule has 0 aliphatic carbocycles. The highest BCUT2D eigenvalue weighted by Gasteiger charge is 2.12. The summed E-state index contributed by atoms with van der Waals surface area (Å²) in [6.45, 7) is 4.57. The fourth-order valence-corrected chi connectivity index (χ4v) is 2.23. The highest BCUT2D eigenvalue weighted by molar-refractivity contribution is 5.96. The van der Waals surface area contributed by atoms with Crippen LogP contribution in [0.4, 0.5) is 11.4 Å². The standard InChI is InChI=1S/C14H22N4O/c1-2-16-14(19)11-6-7-12(15)13(10-11)17-18-8-4-3-5-9-18/h6-7,10,17H,2-5,8-9,15H2,1H3,(H,16,19). The van der Waals surface area contributed by atoms with Crippen LogP contribution in [0.2, 0.25) is 0 Å². The van der Waals surface area contributed by atoms with E-state index in [1.165, 1.54) is 19.3 Å². The SMILES string of the molecule is CCNC(=O)c1ccc(N)c(NN2CCCCC2)c1. The van der Waals surface area contributed by atoms with E-state index in [-0.39, 0.29) is 5.91 Å². The van der Waals surface area contributed by atoms with Gasteiger partial charge in [-0.25, -0.2) is 5.01 Å². The normalized spacial score (nSPS) is 16.1. The number of nitrogen functional groups attached to an aromatic ring is 1. The Kier molecular flexibility index (Phi) is 4.63. The first kappa shape index (κ1) is 13.7. The Balaban J connectivity index is 2.10. The number of nitrogens with two attached hydrogens (primary N) is 1. The maximum atomic E-state index is 11.8. The molecular formula is C14H22N4O. The molecule has 5 nitrogen and oxygen atoms in total. The number of nitrogens with zero attached hydrogens (tertiary/aromatic N) is 1. The molecule has 1 aromatic rings. The first-order valence-electron chi connectivity index (χ1n) is 6.90. The van der Waals surface area contributed by atoms with Gasteiger partial charge in [0.2, 0.25) is 0 Å². The van der Waals surface area contributed by atoms with Crippen molar-refractivity contribution in [3.05, 3.63) is 23.8 Å². The Morgan fingerprint density at radius 2 is 2.05 bits per heavy atom. The molecule has 1 amide bonds. The summed E-state index contributed by atoms with van der Waals surface area (Å²) in [5.74, 6) is -0.0656. The second-order valence-corrected chi connectivity index (χ2v) is 4.82. The topological polar surface area (TPSA) is 70.4 Å². The molecule has 0 unspecified atom stereocenters. The molecule has 0 saturated carbocycles. The lowest BCUT2D eigenvalue weighted by atomic mass is 10.1. The number of carbonyl (C=O) groups is 1. The monoisotopic (exact) mass is 262 g/mol. The third kappa shape index (κ3) is 3.61. The van der Waals surface area contributed by atoms with Crippen LogP contribution in [0.3, 0.4) is 0 Å². The number of nitrogens with one attached hydrogen (secondary N) is 2. The molecule has 2 rings (SSSR count). The molecule has 1 heterocycles. The van der Waals surface area contributed by atoms with E-state index in [1.807, 2.05) is 13.0 Å². The van der Waals surface area contributed by atoms with Crippen LogP contribution in [0, 0.1) is 0 Å². The van der Waals surface area contributed by atoms with E-state index in [9.17, 15) is 4.79 Å². The molecule has 0 spiro atoms. The number of amides is 1. The molecule has 0 bridgehead atoms. The van der Waals surface area contributed by atoms with Crippen LogP contribution in [-0.4, -0.2) is 30.6 Å². The zero-order valence-corrected chi connectivity index (χ0v) is 11.4. The highest BCUT2D eigenvalue weighted by atomic mass is 16.1. The van der Waals surface area contributed by atoms with E-state index < -0.39 is 0 Å². The van der Waals surface area contributed by atoms with Crippen LogP contribution in [-0.2, 0) is 0 Å². The number of rotatable bonds is 4. The molecule has 1 aliphatic heterocycles. The van der Waals surface area contributed by atoms with Gasteiger partial charge in [0.15, 0.2) is 0 Å². The quantitative estimate of drug-likeness (QED) is 0.724. The Bertz CT molecular complexity index is 441. The second-order valence-electron chi connectivity index (χ2n) is 4.82. The lowest BCUT2D eigenvalue weighted by Crippen LogP contribution is -2.35. The summed E-state index contributed by atoms with van der Waals surface area (Å²) in [6.07, 6.45) is 3.68. The van der Waals surface area contributed by atoms with Crippen LogP contribution in [0.5, 0.6) is 0 Å². The number of hydrogen-bond acceptors (Lipinski definition) is 4. The van der Waals surface area contributed by atoms with Gasteiger partial charge in [0, 0.05) is 25.2 Å². The van der Waals surface area contributed by atoms with Crippen molar-refractivity contribution in [1.82, 2.24) is 10.3 Å². The Morgan fingerprint density at radius 1 is 1.32 bits per heavy atom. The number of anilines is 2. The van der Waals surface area contributed by atoms with E-state index in [1.54, 1.807) is 12.1 Å². The van der Waals surface area contributed by atoms with E-state index >= 15 is 0 Å². The van der Waals surface area contributed by atoms with Crippen molar-refractivity contribution in [3.8, 4) is 0 Å². The van der Waals surface area contributed by atoms with Crippen molar-refractivity contribution >= 4 is 17.3 Å². The predicted octanol–water partition coefficient (Wildman–Crippen LogP) is 1.83. The van der Waals surface area contributed by atoms with Crippen molar-refractivity contribution in [2.24, 2.45) is 0 Å². The number of hydrazine groups is 1. The fourth-order valence-electron chi connectivity index (χ4n) is 2.23. The number of hydrogen-bond donors (Lipinski definition) is 3. The van der Waals surface area contributed by atoms with Gasteiger partial charge in [-0.1, -0.05) is 6.42 Å². The van der Waals surface area contributed by atoms with Gasteiger partial charge in [-0.05, 0) is 38.0 Å². The summed E-state index contributed by atoms with van der Waals surface area (Å²) >= 11 is 0. The summed E-state index contributed by atoms with van der Waals surface area (Å²) < 4.78 is 0. The van der Waals surface area contributed by atoms with Gasteiger partial charge < -0.3 is 16.5 Å². The molecule has 0 aromatic heterocycles. The molecule has 19 heavy (non-hydrogen) atoms. The van der Waals surface area contributed by atoms with Crippen LogP contribution in [0.25, 0.3) is 0 Å². The summed E-state index contributed by atoms with van der Waals surface area (Å²) in [4.78, 5) is 11.8. The Morgan fingerprint density at radius 3 is 2.74 bits per heavy atom. The summed E-state index contributed by atoms with van der Waals surface area (Å²) in [7, 11) is 0. The van der Waals surface area contributed by atoms with Crippen LogP contribution >= 0.6 is 0 Å². The highest BCUT2D eigenvalue weighted by Crippen LogP contribution is 2.22. The number of carbonyl (C=O) groups excluding carboxylic acids is 1. The van der Waals surface area contributed by atoms with Crippen molar-refractivity contribution in [2.45, 2.75) is 26.2 Å².